The lowest BCUT2D eigenvalue weighted by molar-refractivity contribution is 1.21. The van der Waals surface area contributed by atoms with Crippen LogP contribution in [0.4, 0.5) is 10.8 Å². The van der Waals surface area contributed by atoms with Gasteiger partial charge in [0.15, 0.2) is 0 Å². The third kappa shape index (κ3) is 2.63. The Morgan fingerprint density at radius 3 is 2.95 bits per heavy atom. The molecule has 98 valence electrons. The molecule has 0 amide bonds. The normalized spacial score (nSPS) is 10.8. The summed E-state index contributed by atoms with van der Waals surface area (Å²) >= 11 is 4.72. The molecular formula is C12H12N4S3. The van der Waals surface area contributed by atoms with Gasteiger partial charge in [0.25, 0.3) is 0 Å². The molecule has 0 aliphatic rings. The molecule has 0 radical (unpaired) electrons. The van der Waals surface area contributed by atoms with E-state index in [1.165, 1.54) is 16.4 Å². The molecule has 19 heavy (non-hydrogen) atoms. The van der Waals surface area contributed by atoms with Crippen LogP contribution in [0.25, 0.3) is 10.6 Å². The first kappa shape index (κ1) is 12.6. The number of thiazole rings is 1. The maximum Gasteiger partial charge on any atom is 0.149 e. The van der Waals surface area contributed by atoms with Crippen molar-refractivity contribution >= 4 is 45.0 Å². The van der Waals surface area contributed by atoms with Gasteiger partial charge in [-0.2, -0.15) is 4.37 Å². The van der Waals surface area contributed by atoms with Crippen molar-refractivity contribution in [2.45, 2.75) is 13.5 Å². The fourth-order valence-corrected chi connectivity index (χ4v) is 3.95. The fraction of sp³-hybridized carbons (Fsp3) is 0.167. The van der Waals surface area contributed by atoms with E-state index in [0.29, 0.717) is 5.82 Å². The van der Waals surface area contributed by atoms with E-state index in [-0.39, 0.29) is 0 Å². The van der Waals surface area contributed by atoms with Crippen LogP contribution in [0.1, 0.15) is 10.6 Å². The molecule has 4 nitrogen and oxygen atoms in total. The van der Waals surface area contributed by atoms with Crippen LogP contribution in [0.2, 0.25) is 0 Å². The molecule has 3 heterocycles. The first-order chi connectivity index (χ1) is 9.24. The fourth-order valence-electron chi connectivity index (χ4n) is 1.68. The Balaban J connectivity index is 1.86. The van der Waals surface area contributed by atoms with Gasteiger partial charge in [-0.3, -0.25) is 0 Å². The number of hydrogen-bond donors (Lipinski definition) is 2. The second-order valence-corrected chi connectivity index (χ2v) is 6.66. The first-order valence-electron chi connectivity index (χ1n) is 5.68. The van der Waals surface area contributed by atoms with Crippen LogP contribution in [-0.4, -0.2) is 9.36 Å². The van der Waals surface area contributed by atoms with Crippen molar-refractivity contribution in [2.24, 2.45) is 0 Å². The van der Waals surface area contributed by atoms with Crippen molar-refractivity contribution in [3.05, 3.63) is 33.5 Å². The molecule has 0 aliphatic heterocycles. The van der Waals surface area contributed by atoms with Crippen molar-refractivity contribution in [3.8, 4) is 10.6 Å². The minimum absolute atomic E-state index is 0.549. The van der Waals surface area contributed by atoms with Crippen molar-refractivity contribution < 1.29 is 0 Å². The number of nitrogens with zero attached hydrogens (tertiary/aromatic N) is 2. The molecule has 3 N–H and O–H groups in total. The van der Waals surface area contributed by atoms with E-state index in [9.17, 15) is 0 Å². The quantitative estimate of drug-likeness (QED) is 0.769. The largest absolute Gasteiger partial charge is 0.382 e. The topological polar surface area (TPSA) is 63.8 Å². The second kappa shape index (κ2) is 5.28. The van der Waals surface area contributed by atoms with Crippen LogP contribution in [0.5, 0.6) is 0 Å². The number of nitrogens with one attached hydrogen (secondary N) is 1. The van der Waals surface area contributed by atoms with Gasteiger partial charge < -0.3 is 11.1 Å². The van der Waals surface area contributed by atoms with E-state index < -0.39 is 0 Å². The van der Waals surface area contributed by atoms with Crippen LogP contribution in [0.15, 0.2) is 22.9 Å². The minimum atomic E-state index is 0.549. The predicted molar refractivity (Wildman–Crippen MR) is 84.0 cm³/mol. The highest BCUT2D eigenvalue weighted by molar-refractivity contribution is 7.15. The molecule has 0 saturated carbocycles. The van der Waals surface area contributed by atoms with Crippen LogP contribution < -0.4 is 11.1 Å². The standard InChI is InChI=1S/C12H12N4S3/c1-7-6-18-12(15-7)9-10(13)16-19-11(9)14-5-8-3-2-4-17-8/h2-4,6,14H,5H2,1H3,(H2,13,16). The van der Waals surface area contributed by atoms with Crippen LogP contribution >= 0.6 is 34.2 Å². The summed E-state index contributed by atoms with van der Waals surface area (Å²) in [6.07, 6.45) is 0. The summed E-state index contributed by atoms with van der Waals surface area (Å²) in [7, 11) is 0. The summed E-state index contributed by atoms with van der Waals surface area (Å²) in [5.41, 5.74) is 7.90. The molecule has 0 atom stereocenters. The third-order valence-corrected chi connectivity index (χ3v) is 5.23. The van der Waals surface area contributed by atoms with Gasteiger partial charge in [-0.1, -0.05) is 6.07 Å². The summed E-state index contributed by atoms with van der Waals surface area (Å²) in [4.78, 5) is 5.77. The summed E-state index contributed by atoms with van der Waals surface area (Å²) in [5, 5.41) is 9.41. The lowest BCUT2D eigenvalue weighted by atomic mass is 10.3. The summed E-state index contributed by atoms with van der Waals surface area (Å²) in [5.74, 6) is 0.549. The number of aryl methyl sites for hydroxylation is 1. The molecule has 0 saturated heterocycles. The molecule has 3 aromatic rings. The van der Waals surface area contributed by atoms with Gasteiger partial charge in [0.05, 0.1) is 12.1 Å². The van der Waals surface area contributed by atoms with Crippen molar-refractivity contribution in [3.63, 3.8) is 0 Å². The lowest BCUT2D eigenvalue weighted by Gasteiger charge is -2.03. The van der Waals surface area contributed by atoms with E-state index in [2.05, 4.69) is 26.1 Å². The number of anilines is 2. The van der Waals surface area contributed by atoms with Gasteiger partial charge in [-0.05, 0) is 29.9 Å². The molecule has 0 unspecified atom stereocenters. The first-order valence-corrected chi connectivity index (χ1v) is 8.21. The Bertz CT molecular complexity index is 669. The molecule has 3 rings (SSSR count). The van der Waals surface area contributed by atoms with E-state index in [1.54, 1.807) is 22.7 Å². The highest BCUT2D eigenvalue weighted by Gasteiger charge is 2.16. The average molecular weight is 308 g/mol. The summed E-state index contributed by atoms with van der Waals surface area (Å²) in [6, 6.07) is 4.16. The van der Waals surface area contributed by atoms with Crippen molar-refractivity contribution in [1.82, 2.24) is 9.36 Å². The van der Waals surface area contributed by atoms with Crippen molar-refractivity contribution in [1.29, 1.82) is 0 Å². The van der Waals surface area contributed by atoms with Gasteiger partial charge in [0, 0.05) is 16.0 Å². The predicted octanol–water partition coefficient (Wildman–Crippen LogP) is 3.83. The minimum Gasteiger partial charge on any atom is -0.382 e. The van der Waals surface area contributed by atoms with E-state index in [4.69, 9.17) is 5.73 Å². The van der Waals surface area contributed by atoms with Gasteiger partial charge in [0.2, 0.25) is 0 Å². The summed E-state index contributed by atoms with van der Waals surface area (Å²) < 4.78 is 4.23. The van der Waals surface area contributed by atoms with Crippen LogP contribution in [0, 0.1) is 6.92 Å². The number of aromatic nitrogens is 2. The Labute approximate surface area is 123 Å². The molecule has 3 aromatic heterocycles. The average Bonchev–Trinajstić information content (AvgIpc) is 3.08. The Kier molecular flexibility index (Phi) is 3.50. The Morgan fingerprint density at radius 1 is 1.37 bits per heavy atom. The highest BCUT2D eigenvalue weighted by atomic mass is 32.1. The molecule has 0 fully saturated rings. The lowest BCUT2D eigenvalue weighted by Crippen LogP contribution is -1.97. The van der Waals surface area contributed by atoms with E-state index in [0.717, 1.165) is 27.8 Å². The Morgan fingerprint density at radius 2 is 2.26 bits per heavy atom. The third-order valence-electron chi connectivity index (χ3n) is 2.55. The molecule has 0 aliphatic carbocycles. The SMILES string of the molecule is Cc1csc(-c2c(N)nsc2NCc2cccs2)n1. The maximum atomic E-state index is 5.96. The van der Waals surface area contributed by atoms with Gasteiger partial charge in [-0.25, -0.2) is 4.98 Å². The zero-order chi connectivity index (χ0) is 13.2. The van der Waals surface area contributed by atoms with Crippen molar-refractivity contribution in [2.75, 3.05) is 11.1 Å². The zero-order valence-corrected chi connectivity index (χ0v) is 12.7. The smallest absolute Gasteiger partial charge is 0.149 e. The van der Waals surface area contributed by atoms with Crippen LogP contribution in [-0.2, 0) is 6.54 Å². The van der Waals surface area contributed by atoms with Gasteiger partial charge in [-0.15, -0.1) is 22.7 Å². The molecule has 0 bridgehead atoms. The number of hydrogen-bond acceptors (Lipinski definition) is 7. The molecular weight excluding hydrogens is 296 g/mol. The second-order valence-electron chi connectivity index (χ2n) is 4.00. The number of nitrogens with two attached hydrogens (primary N) is 1. The zero-order valence-electron chi connectivity index (χ0n) is 10.2. The Hall–Kier alpha value is -1.44. The number of thiophene rings is 1. The number of nitrogen functional groups attached to an aromatic ring is 1. The molecule has 0 spiro atoms. The van der Waals surface area contributed by atoms with Gasteiger partial charge >= 0.3 is 0 Å². The molecule has 7 heteroatoms. The van der Waals surface area contributed by atoms with E-state index in [1.807, 2.05) is 18.4 Å². The van der Waals surface area contributed by atoms with Gasteiger partial charge in [0.1, 0.15) is 15.8 Å². The maximum absolute atomic E-state index is 5.96. The summed E-state index contributed by atoms with van der Waals surface area (Å²) in [6.45, 7) is 2.77. The van der Waals surface area contributed by atoms with Crippen LogP contribution in [0.3, 0.4) is 0 Å². The highest BCUT2D eigenvalue weighted by Crippen LogP contribution is 2.38. The molecule has 0 aromatic carbocycles. The monoisotopic (exact) mass is 308 g/mol. The number of rotatable bonds is 4. The van der Waals surface area contributed by atoms with E-state index >= 15 is 0 Å².